The van der Waals surface area contributed by atoms with Gasteiger partial charge in [0.1, 0.15) is 17.1 Å². The normalized spacial score (nSPS) is 16.6. The minimum Gasteiger partial charge on any atom is -0.336 e. The molecule has 0 aliphatic carbocycles. The lowest BCUT2D eigenvalue weighted by Gasteiger charge is -2.53. The molecule has 10 heteroatoms. The number of nitrogens with zero attached hydrogens (tertiary/aromatic N) is 2. The Morgan fingerprint density at radius 3 is 2.40 bits per heavy atom. The monoisotopic (exact) mass is 636 g/mol. The van der Waals surface area contributed by atoms with Crippen molar-refractivity contribution < 1.29 is 22.8 Å². The van der Waals surface area contributed by atoms with Crippen LogP contribution in [0.25, 0.3) is 10.1 Å². The molecule has 3 aromatic carbocycles. The summed E-state index contributed by atoms with van der Waals surface area (Å²) in [7, 11) is -3.44. The number of carbonyl (C=O) groups is 3. The Morgan fingerprint density at radius 2 is 1.70 bits per heavy atom. The van der Waals surface area contributed by atoms with Crippen LogP contribution in [0.2, 0.25) is 5.02 Å². The summed E-state index contributed by atoms with van der Waals surface area (Å²) in [4.78, 5) is 44.6. The molecule has 2 heterocycles. The molecule has 4 aromatic rings. The molecular formula is C33H33ClN2O5S2. The van der Waals surface area contributed by atoms with Crippen LogP contribution in [0.1, 0.15) is 40.7 Å². The number of halogens is 1. The van der Waals surface area contributed by atoms with Gasteiger partial charge in [-0.1, -0.05) is 72.3 Å². The first-order valence-corrected chi connectivity index (χ1v) is 17.4. The Kier molecular flexibility index (Phi) is 9.34. The van der Waals surface area contributed by atoms with Crippen LogP contribution < -0.4 is 0 Å². The van der Waals surface area contributed by atoms with Crippen molar-refractivity contribution in [2.24, 2.45) is 0 Å². The van der Waals surface area contributed by atoms with Crippen molar-refractivity contribution >= 4 is 60.5 Å². The molecule has 0 saturated carbocycles. The van der Waals surface area contributed by atoms with E-state index in [4.69, 9.17) is 11.6 Å². The fraction of sp³-hybridized carbons (Fsp3) is 0.303. The Bertz CT molecular complexity index is 1760. The van der Waals surface area contributed by atoms with Gasteiger partial charge in [-0.15, -0.1) is 11.3 Å². The average Bonchev–Trinajstić information content (AvgIpc) is 3.38. The Labute approximate surface area is 261 Å². The molecule has 1 saturated heterocycles. The molecule has 2 amide bonds. The summed E-state index contributed by atoms with van der Waals surface area (Å²) in [5, 5.41) is 3.27. The zero-order chi connectivity index (χ0) is 30.6. The van der Waals surface area contributed by atoms with Crippen molar-refractivity contribution in [3.8, 4) is 0 Å². The predicted molar refractivity (Wildman–Crippen MR) is 171 cm³/mol. The highest BCUT2D eigenvalue weighted by molar-refractivity contribution is 7.91. The van der Waals surface area contributed by atoms with Gasteiger partial charge in [0.15, 0.2) is 9.84 Å². The summed E-state index contributed by atoms with van der Waals surface area (Å²) < 4.78 is 24.2. The highest BCUT2D eigenvalue weighted by Gasteiger charge is 2.55. The fourth-order valence-corrected chi connectivity index (χ4v) is 7.60. The average molecular weight is 637 g/mol. The molecule has 0 N–H and O–H groups in total. The maximum atomic E-state index is 14.7. The van der Waals surface area contributed by atoms with Gasteiger partial charge < -0.3 is 9.80 Å². The van der Waals surface area contributed by atoms with E-state index < -0.39 is 21.1 Å². The summed E-state index contributed by atoms with van der Waals surface area (Å²) >= 11 is 7.77. The number of thiophene rings is 1. The molecule has 0 bridgehead atoms. The van der Waals surface area contributed by atoms with Crippen LogP contribution in [0.4, 0.5) is 0 Å². The number of carbonyl (C=O) groups excluding carboxylic acids is 3. The number of hydrogen-bond donors (Lipinski definition) is 0. The number of amides is 2. The largest absolute Gasteiger partial charge is 0.336 e. The second-order valence-corrected chi connectivity index (χ2v) is 14.6. The van der Waals surface area contributed by atoms with E-state index in [1.165, 1.54) is 11.3 Å². The molecule has 7 nitrogen and oxygen atoms in total. The summed E-state index contributed by atoms with van der Waals surface area (Å²) in [6.45, 7) is 0.903. The van der Waals surface area contributed by atoms with Gasteiger partial charge in [0.25, 0.3) is 5.91 Å². The first-order valence-electron chi connectivity index (χ1n) is 14.1. The quantitative estimate of drug-likeness (QED) is 0.196. The zero-order valence-corrected chi connectivity index (χ0v) is 26.3. The maximum Gasteiger partial charge on any atom is 0.256 e. The van der Waals surface area contributed by atoms with Gasteiger partial charge in [0.05, 0.1) is 5.56 Å². The number of sulfone groups is 1. The molecule has 1 unspecified atom stereocenters. The molecule has 1 aromatic heterocycles. The number of hydrogen-bond acceptors (Lipinski definition) is 6. The minimum atomic E-state index is -3.44. The molecule has 1 aliphatic heterocycles. The van der Waals surface area contributed by atoms with E-state index in [1.807, 2.05) is 72.1 Å². The molecule has 1 aliphatic rings. The van der Waals surface area contributed by atoms with Gasteiger partial charge in [0, 0.05) is 59.2 Å². The van der Waals surface area contributed by atoms with Crippen molar-refractivity contribution in [1.82, 2.24) is 9.80 Å². The van der Waals surface area contributed by atoms with E-state index >= 15 is 0 Å². The third-order valence-electron chi connectivity index (χ3n) is 7.82. The lowest BCUT2D eigenvalue weighted by Crippen LogP contribution is -2.70. The lowest BCUT2D eigenvalue weighted by molar-refractivity contribution is -0.151. The van der Waals surface area contributed by atoms with Crippen molar-refractivity contribution in [3.05, 3.63) is 106 Å². The van der Waals surface area contributed by atoms with Gasteiger partial charge in [0.2, 0.25) is 5.91 Å². The molecule has 5 rings (SSSR count). The first-order chi connectivity index (χ1) is 20.6. The topological polar surface area (TPSA) is 91.8 Å². The first kappa shape index (κ1) is 30.9. The molecule has 224 valence electrons. The molecule has 1 fully saturated rings. The molecular weight excluding hydrogens is 604 g/mol. The van der Waals surface area contributed by atoms with Crippen LogP contribution in [0.3, 0.4) is 0 Å². The second-order valence-electron chi connectivity index (χ2n) is 11.1. The predicted octanol–water partition coefficient (Wildman–Crippen LogP) is 5.80. The summed E-state index contributed by atoms with van der Waals surface area (Å²) in [5.41, 5.74) is 1.23. The van der Waals surface area contributed by atoms with E-state index in [1.54, 1.807) is 21.9 Å². The SMILES string of the molecule is CS(=O)(=O)CC(=O)CCCN(Cc1cccc(Cl)c1)C(=O)C1(Cc2ccccc2)CCN1C(=O)c1csc2ccccc12. The maximum absolute atomic E-state index is 14.7. The van der Waals surface area contributed by atoms with Gasteiger partial charge in [-0.05, 0) is 42.2 Å². The number of ketones is 1. The highest BCUT2D eigenvalue weighted by atomic mass is 35.5. The molecule has 0 radical (unpaired) electrons. The molecule has 1 atom stereocenters. The number of fused-ring (bicyclic) bond motifs is 1. The van der Waals surface area contributed by atoms with Crippen LogP contribution in [0, 0.1) is 0 Å². The lowest BCUT2D eigenvalue weighted by atomic mass is 9.77. The number of rotatable bonds is 12. The van der Waals surface area contributed by atoms with Crippen molar-refractivity contribution in [1.29, 1.82) is 0 Å². The van der Waals surface area contributed by atoms with Crippen molar-refractivity contribution in [3.63, 3.8) is 0 Å². The number of Topliss-reactive ketones (excluding diaryl/α,β-unsaturated/α-hetero) is 1. The van der Waals surface area contributed by atoms with Crippen LogP contribution in [-0.4, -0.2) is 66.5 Å². The van der Waals surface area contributed by atoms with Crippen LogP contribution in [0.15, 0.2) is 84.2 Å². The smallest absolute Gasteiger partial charge is 0.256 e. The van der Waals surface area contributed by atoms with Gasteiger partial charge in [-0.3, -0.25) is 14.4 Å². The van der Waals surface area contributed by atoms with Crippen LogP contribution in [-0.2, 0) is 32.4 Å². The standard InChI is InChI=1S/C33H33ClN2O5S2/c1-43(40,41)23-27(37)13-8-17-35(21-25-11-7-12-26(34)19-25)32(39)33(20-24-9-3-2-4-10-24)16-18-36(33)31(38)29-22-42-30-15-6-5-14-28(29)30/h2-7,9-12,14-15,19,22H,8,13,16-18,20-21,23H2,1H3. The Balaban J connectivity index is 1.47. The Hall–Kier alpha value is -3.53. The van der Waals surface area contributed by atoms with Crippen LogP contribution >= 0.6 is 22.9 Å². The molecule has 0 spiro atoms. The van der Waals surface area contributed by atoms with Crippen molar-refractivity contribution in [2.45, 2.75) is 37.8 Å². The van der Waals surface area contributed by atoms with E-state index in [2.05, 4.69) is 0 Å². The highest BCUT2D eigenvalue weighted by Crippen LogP contribution is 2.39. The van der Waals surface area contributed by atoms with E-state index in [9.17, 15) is 22.8 Å². The van der Waals surface area contributed by atoms with E-state index in [0.29, 0.717) is 36.4 Å². The minimum absolute atomic E-state index is 0.0294. The fourth-order valence-electron chi connectivity index (χ4n) is 5.73. The number of likely N-dealkylation sites (tertiary alicyclic amines) is 1. The zero-order valence-electron chi connectivity index (χ0n) is 23.9. The van der Waals surface area contributed by atoms with Crippen molar-refractivity contribution in [2.75, 3.05) is 25.1 Å². The third kappa shape index (κ3) is 7.17. The summed E-state index contributed by atoms with van der Waals surface area (Å²) in [5.74, 6) is -1.30. The van der Waals surface area contributed by atoms with Crippen LogP contribution in [0.5, 0.6) is 0 Å². The Morgan fingerprint density at radius 1 is 0.977 bits per heavy atom. The third-order valence-corrected chi connectivity index (χ3v) is 9.86. The van der Waals surface area contributed by atoms with Gasteiger partial charge >= 0.3 is 0 Å². The summed E-state index contributed by atoms with van der Waals surface area (Å²) in [6, 6.07) is 24.7. The van der Waals surface area contributed by atoms with Gasteiger partial charge in [-0.2, -0.15) is 0 Å². The number of benzene rings is 3. The van der Waals surface area contributed by atoms with Gasteiger partial charge in [-0.25, -0.2) is 8.42 Å². The van der Waals surface area contributed by atoms with E-state index in [-0.39, 0.29) is 37.1 Å². The summed E-state index contributed by atoms with van der Waals surface area (Å²) in [6.07, 6.45) is 2.20. The molecule has 43 heavy (non-hydrogen) atoms. The second kappa shape index (κ2) is 13.0. The van der Waals surface area contributed by atoms with E-state index in [0.717, 1.165) is 27.5 Å².